The summed E-state index contributed by atoms with van der Waals surface area (Å²) in [5.74, 6) is 1.02. The van der Waals surface area contributed by atoms with E-state index in [9.17, 15) is 9.18 Å². The van der Waals surface area contributed by atoms with Gasteiger partial charge in [-0.3, -0.25) is 9.18 Å². The number of hydrogen-bond acceptors (Lipinski definition) is 2. The van der Waals surface area contributed by atoms with E-state index in [-0.39, 0.29) is 30.5 Å². The minimum atomic E-state index is -0.212. The first-order chi connectivity index (χ1) is 10.7. The quantitative estimate of drug-likeness (QED) is 0.790. The minimum absolute atomic E-state index is 0.00943. The molecule has 1 aliphatic heterocycles. The van der Waals surface area contributed by atoms with Gasteiger partial charge in [0.15, 0.2) is 0 Å². The Hall–Kier alpha value is -1.29. The molecule has 1 aromatic carbocycles. The van der Waals surface area contributed by atoms with E-state index >= 15 is 0 Å². The van der Waals surface area contributed by atoms with E-state index in [1.165, 1.54) is 0 Å². The first kappa shape index (κ1) is 15.6. The fourth-order valence-corrected chi connectivity index (χ4v) is 3.52. The number of nitrogens with zero attached hydrogens (tertiary/aromatic N) is 1. The molecule has 0 spiro atoms. The van der Waals surface area contributed by atoms with Crippen LogP contribution in [0.3, 0.4) is 0 Å². The molecule has 0 N–H and O–H groups in total. The highest BCUT2D eigenvalue weighted by Gasteiger charge is 2.26. The molecule has 1 heterocycles. The second kappa shape index (κ2) is 6.86. The summed E-state index contributed by atoms with van der Waals surface area (Å²) >= 11 is 5.64. The highest BCUT2D eigenvalue weighted by atomic mass is 35.5. The molecule has 120 valence electrons. The van der Waals surface area contributed by atoms with Crippen molar-refractivity contribution in [1.82, 2.24) is 0 Å². The second-order valence-electron chi connectivity index (χ2n) is 6.13. The van der Waals surface area contributed by atoms with Gasteiger partial charge in [0.25, 0.3) is 0 Å². The number of ether oxygens (including phenoxy) is 1. The fraction of sp³-hybridized carbons (Fsp3) is 0.588. The molecule has 1 fully saturated rings. The summed E-state index contributed by atoms with van der Waals surface area (Å²) in [4.78, 5) is 13.5. The second-order valence-corrected chi connectivity index (χ2v) is 6.40. The summed E-state index contributed by atoms with van der Waals surface area (Å²) < 4.78 is 18.7. The molecule has 1 aliphatic carbocycles. The Morgan fingerprint density at radius 1 is 1.32 bits per heavy atom. The van der Waals surface area contributed by atoms with E-state index in [0.717, 1.165) is 49.1 Å². The van der Waals surface area contributed by atoms with Gasteiger partial charge in [0.05, 0.1) is 12.8 Å². The lowest BCUT2D eigenvalue weighted by Crippen LogP contribution is -2.29. The Labute approximate surface area is 135 Å². The largest absolute Gasteiger partial charge is 0.490 e. The Morgan fingerprint density at radius 3 is 2.77 bits per heavy atom. The molecule has 0 radical (unpaired) electrons. The van der Waals surface area contributed by atoms with Crippen LogP contribution in [0.1, 0.15) is 31.2 Å². The van der Waals surface area contributed by atoms with Gasteiger partial charge in [0.1, 0.15) is 11.6 Å². The van der Waals surface area contributed by atoms with Crippen LogP contribution in [0.25, 0.3) is 0 Å². The van der Waals surface area contributed by atoms with Crippen LogP contribution < -0.4 is 9.64 Å². The lowest BCUT2D eigenvalue weighted by molar-refractivity contribution is -0.116. The molecule has 1 saturated carbocycles. The van der Waals surface area contributed by atoms with Crippen molar-refractivity contribution in [2.24, 2.45) is 5.92 Å². The Balaban J connectivity index is 1.64. The molecular formula is C17H21ClFNO2. The molecule has 2 aliphatic rings. The number of anilines is 1. The first-order valence-corrected chi connectivity index (χ1v) is 8.46. The number of alkyl halides is 2. The molecule has 0 aromatic heterocycles. The van der Waals surface area contributed by atoms with E-state index in [2.05, 4.69) is 0 Å². The van der Waals surface area contributed by atoms with Gasteiger partial charge in [-0.05, 0) is 61.8 Å². The zero-order valence-corrected chi connectivity index (χ0v) is 13.3. The number of amides is 1. The van der Waals surface area contributed by atoms with Gasteiger partial charge < -0.3 is 9.64 Å². The molecular weight excluding hydrogens is 305 g/mol. The Kier molecular flexibility index (Phi) is 4.87. The van der Waals surface area contributed by atoms with Crippen molar-refractivity contribution in [1.29, 1.82) is 0 Å². The van der Waals surface area contributed by atoms with Gasteiger partial charge in [-0.2, -0.15) is 0 Å². The highest BCUT2D eigenvalue weighted by Crippen LogP contribution is 2.33. The highest BCUT2D eigenvalue weighted by molar-refractivity contribution is 6.29. The van der Waals surface area contributed by atoms with Crippen LogP contribution in [0.4, 0.5) is 10.1 Å². The molecule has 1 amide bonds. The zero-order valence-electron chi connectivity index (χ0n) is 12.6. The van der Waals surface area contributed by atoms with Gasteiger partial charge in [0.2, 0.25) is 5.91 Å². The fourth-order valence-electron chi connectivity index (χ4n) is 3.38. The maximum Gasteiger partial charge on any atom is 0.241 e. The van der Waals surface area contributed by atoms with Gasteiger partial charge in [-0.25, -0.2) is 0 Å². The molecule has 0 bridgehead atoms. The molecule has 5 heteroatoms. The standard InChI is InChI=1S/C17H21ClFNO2/c18-10-17(21)20-8-7-13-9-15(5-6-16(13)20)22-14-3-1-12(11-19)2-4-14/h5-6,9,12,14H,1-4,7-8,10-11H2/t12-,14-. The van der Waals surface area contributed by atoms with Crippen LogP contribution in [-0.2, 0) is 11.2 Å². The molecule has 0 atom stereocenters. The van der Waals surface area contributed by atoms with Gasteiger partial charge in [0, 0.05) is 12.2 Å². The smallest absolute Gasteiger partial charge is 0.241 e. The number of rotatable bonds is 4. The van der Waals surface area contributed by atoms with E-state index in [1.807, 2.05) is 18.2 Å². The zero-order chi connectivity index (χ0) is 15.5. The Morgan fingerprint density at radius 2 is 2.09 bits per heavy atom. The number of hydrogen-bond donors (Lipinski definition) is 0. The van der Waals surface area contributed by atoms with E-state index in [0.29, 0.717) is 6.54 Å². The van der Waals surface area contributed by atoms with E-state index in [1.54, 1.807) is 4.90 Å². The number of benzene rings is 1. The third kappa shape index (κ3) is 3.22. The summed E-state index contributed by atoms with van der Waals surface area (Å²) in [7, 11) is 0. The molecule has 1 aromatic rings. The predicted octanol–water partition coefficient (Wildman–Crippen LogP) is 3.72. The molecule has 0 unspecified atom stereocenters. The van der Waals surface area contributed by atoms with Crippen LogP contribution >= 0.6 is 11.6 Å². The molecule has 22 heavy (non-hydrogen) atoms. The van der Waals surface area contributed by atoms with Crippen molar-refractivity contribution in [2.75, 3.05) is 24.0 Å². The average Bonchev–Trinajstić information content (AvgIpc) is 2.98. The maximum atomic E-state index is 12.6. The first-order valence-electron chi connectivity index (χ1n) is 7.93. The summed E-state index contributed by atoms with van der Waals surface area (Å²) in [5.41, 5.74) is 2.08. The number of carbonyl (C=O) groups is 1. The topological polar surface area (TPSA) is 29.5 Å². The van der Waals surface area contributed by atoms with Gasteiger partial charge in [-0.1, -0.05) is 0 Å². The van der Waals surface area contributed by atoms with Gasteiger partial charge >= 0.3 is 0 Å². The predicted molar refractivity (Wildman–Crippen MR) is 85.6 cm³/mol. The molecule has 3 nitrogen and oxygen atoms in total. The van der Waals surface area contributed by atoms with Crippen molar-refractivity contribution in [3.8, 4) is 5.75 Å². The lowest BCUT2D eigenvalue weighted by atomic mass is 9.88. The molecule has 3 rings (SSSR count). The summed E-state index contributed by atoms with van der Waals surface area (Å²) in [6.07, 6.45) is 4.67. The monoisotopic (exact) mass is 325 g/mol. The SMILES string of the molecule is O=C(CCl)N1CCc2cc(O[C@H]3CC[C@H](CF)CC3)ccc21. The summed E-state index contributed by atoms with van der Waals surface area (Å²) in [6, 6.07) is 5.88. The van der Waals surface area contributed by atoms with Gasteiger partial charge in [-0.15, -0.1) is 11.6 Å². The summed E-state index contributed by atoms with van der Waals surface area (Å²) in [6.45, 7) is 0.474. The minimum Gasteiger partial charge on any atom is -0.490 e. The van der Waals surface area contributed by atoms with Crippen LogP contribution in [0.5, 0.6) is 5.75 Å². The van der Waals surface area contributed by atoms with Crippen molar-refractivity contribution in [2.45, 2.75) is 38.2 Å². The normalized spacial score (nSPS) is 24.2. The van der Waals surface area contributed by atoms with E-state index < -0.39 is 0 Å². The van der Waals surface area contributed by atoms with Crippen molar-refractivity contribution >= 4 is 23.2 Å². The molecule has 0 saturated heterocycles. The average molecular weight is 326 g/mol. The number of fused-ring (bicyclic) bond motifs is 1. The van der Waals surface area contributed by atoms with Crippen LogP contribution in [0.15, 0.2) is 18.2 Å². The summed E-state index contributed by atoms with van der Waals surface area (Å²) in [5, 5.41) is 0. The van der Waals surface area contributed by atoms with Crippen LogP contribution in [-0.4, -0.2) is 31.1 Å². The van der Waals surface area contributed by atoms with Crippen molar-refractivity contribution in [3.63, 3.8) is 0 Å². The van der Waals surface area contributed by atoms with Crippen molar-refractivity contribution in [3.05, 3.63) is 23.8 Å². The Bertz CT molecular complexity index is 543. The number of carbonyl (C=O) groups excluding carboxylic acids is 1. The maximum absolute atomic E-state index is 12.6. The lowest BCUT2D eigenvalue weighted by Gasteiger charge is -2.27. The third-order valence-electron chi connectivity index (χ3n) is 4.68. The van der Waals surface area contributed by atoms with E-state index in [4.69, 9.17) is 16.3 Å². The van der Waals surface area contributed by atoms with Crippen LogP contribution in [0, 0.1) is 5.92 Å². The third-order valence-corrected chi connectivity index (χ3v) is 4.91. The van der Waals surface area contributed by atoms with Crippen LogP contribution in [0.2, 0.25) is 0 Å². The number of halogens is 2. The van der Waals surface area contributed by atoms with Crippen molar-refractivity contribution < 1.29 is 13.9 Å².